The maximum absolute atomic E-state index is 10.8. The van der Waals surface area contributed by atoms with Gasteiger partial charge < -0.3 is 9.84 Å². The molecule has 0 spiro atoms. The molecule has 0 saturated heterocycles. The van der Waals surface area contributed by atoms with Crippen LogP contribution in [0.3, 0.4) is 0 Å². The van der Waals surface area contributed by atoms with Crippen molar-refractivity contribution in [2.75, 3.05) is 0 Å². The zero-order chi connectivity index (χ0) is 13.4. The molecule has 3 rings (SSSR count). The van der Waals surface area contributed by atoms with Gasteiger partial charge in [0.25, 0.3) is 0 Å². The molecule has 2 aromatic rings. The molecular formula is C16H14O3. The first kappa shape index (κ1) is 11.8. The van der Waals surface area contributed by atoms with Crippen LogP contribution in [0.5, 0.6) is 11.5 Å². The largest absolute Gasteiger partial charge is 0.508 e. The molecule has 1 N–H and O–H groups in total. The molecule has 2 aromatic carbocycles. The van der Waals surface area contributed by atoms with Crippen molar-refractivity contribution in [3.8, 4) is 11.5 Å². The number of phenols is 1. The fourth-order valence-corrected chi connectivity index (χ4v) is 2.53. The average molecular weight is 254 g/mol. The van der Waals surface area contributed by atoms with Gasteiger partial charge in [-0.15, -0.1) is 0 Å². The monoisotopic (exact) mass is 254 g/mol. The van der Waals surface area contributed by atoms with E-state index in [1.54, 1.807) is 18.2 Å². The van der Waals surface area contributed by atoms with Crippen LogP contribution in [-0.2, 0) is 0 Å². The molecule has 2 atom stereocenters. The van der Waals surface area contributed by atoms with Gasteiger partial charge in [-0.2, -0.15) is 0 Å². The first-order valence-electron chi connectivity index (χ1n) is 6.24. The molecule has 0 fully saturated rings. The molecule has 0 amide bonds. The Kier molecular flexibility index (Phi) is 2.75. The predicted octanol–water partition coefficient (Wildman–Crippen LogP) is 3.44. The van der Waals surface area contributed by atoms with Gasteiger partial charge in [-0.25, -0.2) is 0 Å². The standard InChI is InChI=1S/C16H14O3/c1-10-14-8-11(9-17)2-7-15(14)19-16(10)12-3-5-13(18)6-4-12/h2-10,16,18H,1H3/t10-,16-/m1/s1. The van der Waals surface area contributed by atoms with Gasteiger partial charge in [-0.05, 0) is 35.9 Å². The number of carbonyl (C=O) groups excluding carboxylic acids is 1. The second kappa shape index (κ2) is 4.43. The fraction of sp³-hybridized carbons (Fsp3) is 0.188. The molecule has 1 aliphatic rings. The Morgan fingerprint density at radius 2 is 1.89 bits per heavy atom. The first-order valence-corrected chi connectivity index (χ1v) is 6.24. The van der Waals surface area contributed by atoms with Crippen molar-refractivity contribution in [2.45, 2.75) is 18.9 Å². The molecule has 0 bridgehead atoms. The fourth-order valence-electron chi connectivity index (χ4n) is 2.53. The van der Waals surface area contributed by atoms with E-state index in [0.29, 0.717) is 5.56 Å². The van der Waals surface area contributed by atoms with Crippen LogP contribution < -0.4 is 4.74 Å². The molecule has 0 saturated carbocycles. The molecule has 0 aromatic heterocycles. The van der Waals surface area contributed by atoms with Crippen molar-refractivity contribution < 1.29 is 14.6 Å². The van der Waals surface area contributed by atoms with E-state index in [1.807, 2.05) is 24.3 Å². The first-order chi connectivity index (χ1) is 9.19. The molecule has 0 aliphatic carbocycles. The highest BCUT2D eigenvalue weighted by Gasteiger charge is 2.32. The zero-order valence-corrected chi connectivity index (χ0v) is 10.5. The van der Waals surface area contributed by atoms with E-state index >= 15 is 0 Å². The Labute approximate surface area is 111 Å². The minimum Gasteiger partial charge on any atom is -0.508 e. The van der Waals surface area contributed by atoms with Gasteiger partial charge in [0.2, 0.25) is 0 Å². The van der Waals surface area contributed by atoms with E-state index in [0.717, 1.165) is 23.2 Å². The van der Waals surface area contributed by atoms with Crippen LogP contribution in [0.4, 0.5) is 0 Å². The molecule has 3 nitrogen and oxygen atoms in total. The van der Waals surface area contributed by atoms with E-state index in [9.17, 15) is 9.90 Å². The summed E-state index contributed by atoms with van der Waals surface area (Å²) in [6.45, 7) is 2.08. The number of carbonyl (C=O) groups is 1. The Hall–Kier alpha value is -2.29. The lowest BCUT2D eigenvalue weighted by Crippen LogP contribution is -2.06. The van der Waals surface area contributed by atoms with Crippen LogP contribution in [-0.4, -0.2) is 11.4 Å². The van der Waals surface area contributed by atoms with E-state index in [4.69, 9.17) is 4.74 Å². The van der Waals surface area contributed by atoms with Gasteiger partial charge in [0.1, 0.15) is 23.9 Å². The summed E-state index contributed by atoms with van der Waals surface area (Å²) in [7, 11) is 0. The normalized spacial score (nSPS) is 20.7. The summed E-state index contributed by atoms with van der Waals surface area (Å²) in [5.74, 6) is 1.26. The molecule has 3 heteroatoms. The van der Waals surface area contributed by atoms with Crippen LogP contribution in [0.2, 0.25) is 0 Å². The van der Waals surface area contributed by atoms with Crippen molar-refractivity contribution in [1.29, 1.82) is 0 Å². The number of benzene rings is 2. The van der Waals surface area contributed by atoms with Gasteiger partial charge in [-0.3, -0.25) is 4.79 Å². The summed E-state index contributed by atoms with van der Waals surface area (Å²) < 4.78 is 5.95. The highest BCUT2D eigenvalue weighted by Crippen LogP contribution is 2.45. The summed E-state index contributed by atoms with van der Waals surface area (Å²) >= 11 is 0. The Morgan fingerprint density at radius 1 is 1.16 bits per heavy atom. The smallest absolute Gasteiger partial charge is 0.150 e. The number of phenolic OH excluding ortho intramolecular Hbond substituents is 1. The second-order valence-electron chi connectivity index (χ2n) is 4.83. The third-order valence-corrected chi connectivity index (χ3v) is 3.59. The van der Waals surface area contributed by atoms with Crippen molar-refractivity contribution in [2.24, 2.45) is 0 Å². The molecular weight excluding hydrogens is 240 g/mol. The molecule has 0 unspecified atom stereocenters. The Morgan fingerprint density at radius 3 is 2.58 bits per heavy atom. The lowest BCUT2D eigenvalue weighted by molar-refractivity contribution is 0.112. The second-order valence-corrected chi connectivity index (χ2v) is 4.83. The highest BCUT2D eigenvalue weighted by molar-refractivity contribution is 5.76. The van der Waals surface area contributed by atoms with E-state index in [-0.39, 0.29) is 17.8 Å². The van der Waals surface area contributed by atoms with Gasteiger partial charge in [0, 0.05) is 17.0 Å². The van der Waals surface area contributed by atoms with Crippen molar-refractivity contribution in [3.05, 3.63) is 59.2 Å². The number of hydrogen-bond acceptors (Lipinski definition) is 3. The van der Waals surface area contributed by atoms with E-state index in [2.05, 4.69) is 6.92 Å². The summed E-state index contributed by atoms with van der Waals surface area (Å²) in [6, 6.07) is 12.5. The third kappa shape index (κ3) is 1.97. The number of hydrogen-bond donors (Lipinski definition) is 1. The van der Waals surface area contributed by atoms with Crippen molar-refractivity contribution in [1.82, 2.24) is 0 Å². The maximum atomic E-state index is 10.8. The topological polar surface area (TPSA) is 46.5 Å². The minimum absolute atomic E-state index is 0.0718. The quantitative estimate of drug-likeness (QED) is 0.835. The Balaban J connectivity index is 1.96. The summed E-state index contributed by atoms with van der Waals surface area (Å²) in [5, 5.41) is 9.33. The molecule has 1 heterocycles. The predicted molar refractivity (Wildman–Crippen MR) is 71.7 cm³/mol. The zero-order valence-electron chi connectivity index (χ0n) is 10.5. The van der Waals surface area contributed by atoms with Gasteiger partial charge in [0.05, 0.1) is 0 Å². The van der Waals surface area contributed by atoms with Crippen LogP contribution in [0.15, 0.2) is 42.5 Å². The van der Waals surface area contributed by atoms with Crippen LogP contribution in [0, 0.1) is 0 Å². The summed E-state index contributed by atoms with van der Waals surface area (Å²) in [6.07, 6.45) is 0.776. The average Bonchev–Trinajstić information content (AvgIpc) is 2.76. The summed E-state index contributed by atoms with van der Waals surface area (Å²) in [5.41, 5.74) is 2.75. The molecule has 1 aliphatic heterocycles. The lowest BCUT2D eigenvalue weighted by atomic mass is 9.92. The van der Waals surface area contributed by atoms with Gasteiger partial charge in [0.15, 0.2) is 0 Å². The number of rotatable bonds is 2. The SMILES string of the molecule is C[C@@H]1c2cc(C=O)ccc2O[C@H]1c1ccc(O)cc1. The van der Waals surface area contributed by atoms with Crippen LogP contribution in [0.1, 0.15) is 40.4 Å². The number of aromatic hydroxyl groups is 1. The molecule has 19 heavy (non-hydrogen) atoms. The number of ether oxygens (including phenoxy) is 1. The van der Waals surface area contributed by atoms with E-state index in [1.165, 1.54) is 0 Å². The minimum atomic E-state index is -0.0718. The molecule has 0 radical (unpaired) electrons. The van der Waals surface area contributed by atoms with Crippen molar-refractivity contribution >= 4 is 6.29 Å². The third-order valence-electron chi connectivity index (χ3n) is 3.59. The maximum Gasteiger partial charge on any atom is 0.150 e. The lowest BCUT2D eigenvalue weighted by Gasteiger charge is -2.15. The van der Waals surface area contributed by atoms with Crippen LogP contribution >= 0.6 is 0 Å². The number of aldehydes is 1. The van der Waals surface area contributed by atoms with Crippen molar-refractivity contribution in [3.63, 3.8) is 0 Å². The van der Waals surface area contributed by atoms with Gasteiger partial charge >= 0.3 is 0 Å². The Bertz CT molecular complexity index is 616. The van der Waals surface area contributed by atoms with E-state index < -0.39 is 0 Å². The highest BCUT2D eigenvalue weighted by atomic mass is 16.5. The molecule has 96 valence electrons. The number of fused-ring (bicyclic) bond motifs is 1. The summed E-state index contributed by atoms with van der Waals surface area (Å²) in [4.78, 5) is 10.8. The van der Waals surface area contributed by atoms with Gasteiger partial charge in [-0.1, -0.05) is 19.1 Å². The van der Waals surface area contributed by atoms with Crippen LogP contribution in [0.25, 0.3) is 0 Å².